The fraction of sp³-hybridized carbons (Fsp3) is 0.455. The van der Waals surface area contributed by atoms with Crippen LogP contribution in [0.25, 0.3) is 0 Å². The van der Waals surface area contributed by atoms with E-state index < -0.39 is 5.60 Å². The van der Waals surface area contributed by atoms with Gasteiger partial charge in [-0.3, -0.25) is 0 Å². The molecule has 0 aliphatic heterocycles. The Labute approximate surface area is 98.1 Å². The van der Waals surface area contributed by atoms with Crippen molar-refractivity contribution < 1.29 is 5.11 Å². The topological polar surface area (TPSA) is 20.2 Å². The van der Waals surface area contributed by atoms with Gasteiger partial charge in [0.1, 0.15) is 0 Å². The van der Waals surface area contributed by atoms with Crippen molar-refractivity contribution in [2.24, 2.45) is 0 Å². The molecule has 0 atom stereocenters. The Morgan fingerprint density at radius 1 is 1.43 bits per heavy atom. The normalized spacial score (nSPS) is 36.6. The highest BCUT2D eigenvalue weighted by atomic mass is 79.9. The summed E-state index contributed by atoms with van der Waals surface area (Å²) >= 11 is 7.87. The molecule has 1 aliphatic carbocycles. The molecule has 1 aromatic carbocycles. The summed E-state index contributed by atoms with van der Waals surface area (Å²) in [7, 11) is 0. The molecule has 1 nitrogen and oxygen atoms in total. The van der Waals surface area contributed by atoms with Crippen LogP contribution in [0.3, 0.4) is 0 Å². The van der Waals surface area contributed by atoms with Crippen molar-refractivity contribution in [3.05, 3.63) is 34.3 Å². The summed E-state index contributed by atoms with van der Waals surface area (Å²) in [5, 5.41) is 10.3. The summed E-state index contributed by atoms with van der Waals surface area (Å²) in [6.07, 6.45) is 1.44. The summed E-state index contributed by atoms with van der Waals surface area (Å²) in [6.45, 7) is 2.06. The van der Waals surface area contributed by atoms with Crippen LogP contribution in [0, 0.1) is 0 Å². The van der Waals surface area contributed by atoms with Gasteiger partial charge in [-0.1, -0.05) is 35.0 Å². The van der Waals surface area contributed by atoms with Crippen LogP contribution in [0.4, 0.5) is 0 Å². The molecule has 14 heavy (non-hydrogen) atoms. The largest absolute Gasteiger partial charge is 0.385 e. The molecule has 0 aromatic heterocycles. The maximum absolute atomic E-state index is 10.3. The van der Waals surface area contributed by atoms with E-state index in [2.05, 4.69) is 35.5 Å². The zero-order chi connectivity index (χ0) is 10.4. The minimum absolute atomic E-state index is 0.0168. The maximum atomic E-state index is 10.3. The number of benzene rings is 1. The Bertz CT molecular complexity index is 354. The van der Waals surface area contributed by atoms with Crippen LogP contribution in [0.1, 0.15) is 25.3 Å². The molecule has 1 aromatic rings. The van der Waals surface area contributed by atoms with Gasteiger partial charge in [-0.05, 0) is 30.5 Å². The molecular weight excluding hydrogens is 260 g/mol. The second kappa shape index (κ2) is 3.26. The average Bonchev–Trinajstić information content (AvgIpc) is 2.00. The zero-order valence-corrected chi connectivity index (χ0v) is 10.5. The van der Waals surface area contributed by atoms with Crippen molar-refractivity contribution >= 4 is 28.6 Å². The van der Waals surface area contributed by atoms with Gasteiger partial charge in [-0.2, -0.15) is 12.6 Å². The van der Waals surface area contributed by atoms with Crippen molar-refractivity contribution in [2.75, 3.05) is 0 Å². The van der Waals surface area contributed by atoms with Crippen LogP contribution < -0.4 is 0 Å². The first kappa shape index (κ1) is 10.5. The monoisotopic (exact) mass is 272 g/mol. The van der Waals surface area contributed by atoms with Crippen molar-refractivity contribution in [2.45, 2.75) is 30.1 Å². The third kappa shape index (κ3) is 1.86. The Morgan fingerprint density at radius 2 is 2.07 bits per heavy atom. The Balaban J connectivity index is 2.25. The van der Waals surface area contributed by atoms with Gasteiger partial charge in [0.2, 0.25) is 0 Å². The Kier molecular flexibility index (Phi) is 2.45. The van der Waals surface area contributed by atoms with Crippen molar-refractivity contribution in [3.63, 3.8) is 0 Å². The molecule has 0 bridgehead atoms. The van der Waals surface area contributed by atoms with Crippen molar-refractivity contribution in [1.82, 2.24) is 0 Å². The van der Waals surface area contributed by atoms with Gasteiger partial charge in [0.15, 0.2) is 0 Å². The third-order valence-electron chi connectivity index (χ3n) is 2.71. The second-order valence-corrected chi connectivity index (χ2v) is 6.39. The quantitative estimate of drug-likeness (QED) is 0.753. The first-order valence-electron chi connectivity index (χ1n) is 4.62. The number of thiol groups is 1. The smallest absolute Gasteiger partial charge is 0.0923 e. The Morgan fingerprint density at radius 3 is 2.57 bits per heavy atom. The van der Waals surface area contributed by atoms with Crippen molar-refractivity contribution in [1.29, 1.82) is 0 Å². The lowest BCUT2D eigenvalue weighted by molar-refractivity contribution is -0.0591. The third-order valence-corrected chi connectivity index (χ3v) is 3.52. The van der Waals surface area contributed by atoms with E-state index in [9.17, 15) is 5.11 Å². The fourth-order valence-corrected chi connectivity index (χ4v) is 3.11. The average molecular weight is 273 g/mol. The minimum atomic E-state index is -0.666. The molecule has 1 saturated carbocycles. The van der Waals surface area contributed by atoms with Crippen LogP contribution >= 0.6 is 28.6 Å². The van der Waals surface area contributed by atoms with E-state index in [4.69, 9.17) is 0 Å². The van der Waals surface area contributed by atoms with Gasteiger partial charge in [0.25, 0.3) is 0 Å². The van der Waals surface area contributed by atoms with E-state index in [0.29, 0.717) is 0 Å². The first-order chi connectivity index (χ1) is 6.41. The van der Waals surface area contributed by atoms with Crippen LogP contribution in [-0.2, 0) is 5.60 Å². The van der Waals surface area contributed by atoms with E-state index in [1.165, 1.54) is 0 Å². The van der Waals surface area contributed by atoms with E-state index in [0.717, 1.165) is 22.9 Å². The molecule has 76 valence electrons. The number of halogens is 1. The van der Waals surface area contributed by atoms with Crippen molar-refractivity contribution in [3.8, 4) is 0 Å². The number of rotatable bonds is 1. The highest BCUT2D eigenvalue weighted by Gasteiger charge is 2.49. The van der Waals surface area contributed by atoms with E-state index in [1.54, 1.807) is 0 Å². The highest BCUT2D eigenvalue weighted by molar-refractivity contribution is 9.10. The van der Waals surface area contributed by atoms with Crippen LogP contribution in [0.5, 0.6) is 0 Å². The molecule has 0 amide bonds. The standard InChI is InChI=1S/C11H13BrOS/c1-10(14)6-11(13,7-10)8-3-2-4-9(12)5-8/h2-5,13-14H,6-7H2,1H3. The summed E-state index contributed by atoms with van der Waals surface area (Å²) in [6, 6.07) is 7.85. The first-order valence-corrected chi connectivity index (χ1v) is 5.86. The van der Waals surface area contributed by atoms with E-state index >= 15 is 0 Å². The molecular formula is C11H13BrOS. The second-order valence-electron chi connectivity index (χ2n) is 4.39. The summed E-state index contributed by atoms with van der Waals surface area (Å²) in [5.41, 5.74) is 0.318. The summed E-state index contributed by atoms with van der Waals surface area (Å²) in [5.74, 6) is 0. The lowest BCUT2D eigenvalue weighted by Crippen LogP contribution is -2.49. The lowest BCUT2D eigenvalue weighted by Gasteiger charge is -2.49. The molecule has 0 heterocycles. The molecule has 0 radical (unpaired) electrons. The van der Waals surface area contributed by atoms with Gasteiger partial charge < -0.3 is 5.11 Å². The molecule has 3 heteroatoms. The van der Waals surface area contributed by atoms with Crippen LogP contribution in [0.15, 0.2) is 28.7 Å². The van der Waals surface area contributed by atoms with Gasteiger partial charge in [0, 0.05) is 9.22 Å². The predicted octanol–water partition coefficient (Wildman–Crippen LogP) is 3.12. The number of hydrogen-bond donors (Lipinski definition) is 2. The summed E-state index contributed by atoms with van der Waals surface area (Å²) in [4.78, 5) is 0. The Hall–Kier alpha value is 0.01000. The lowest BCUT2D eigenvalue weighted by atomic mass is 9.67. The van der Waals surface area contributed by atoms with Gasteiger partial charge in [0.05, 0.1) is 5.60 Å². The highest BCUT2D eigenvalue weighted by Crippen LogP contribution is 2.51. The van der Waals surface area contributed by atoms with Crippen LogP contribution in [-0.4, -0.2) is 9.85 Å². The minimum Gasteiger partial charge on any atom is -0.385 e. The molecule has 0 spiro atoms. The predicted molar refractivity (Wildman–Crippen MR) is 64.7 cm³/mol. The van der Waals surface area contributed by atoms with E-state index in [-0.39, 0.29) is 4.75 Å². The molecule has 0 unspecified atom stereocenters. The number of hydrogen-bond acceptors (Lipinski definition) is 2. The van der Waals surface area contributed by atoms with E-state index in [1.807, 2.05) is 24.3 Å². The van der Waals surface area contributed by atoms with Gasteiger partial charge >= 0.3 is 0 Å². The van der Waals surface area contributed by atoms with Gasteiger partial charge in [-0.15, -0.1) is 0 Å². The van der Waals surface area contributed by atoms with Crippen LogP contribution in [0.2, 0.25) is 0 Å². The molecule has 1 fully saturated rings. The SMILES string of the molecule is CC1(S)CC(O)(c2cccc(Br)c2)C1. The molecule has 2 rings (SSSR count). The van der Waals surface area contributed by atoms with Gasteiger partial charge in [-0.25, -0.2) is 0 Å². The molecule has 0 saturated heterocycles. The summed E-state index contributed by atoms with van der Waals surface area (Å²) < 4.78 is 0.994. The fourth-order valence-electron chi connectivity index (χ4n) is 2.19. The molecule has 1 aliphatic rings. The zero-order valence-electron chi connectivity index (χ0n) is 8.00. The molecule has 1 N–H and O–H groups in total. The maximum Gasteiger partial charge on any atom is 0.0923 e. The number of aliphatic hydroxyl groups is 1.